The summed E-state index contributed by atoms with van der Waals surface area (Å²) in [6, 6.07) is 12.2. The fraction of sp³-hybridized carbons (Fsp3) is 0.125. The molecule has 0 aromatic heterocycles. The second-order valence-electron chi connectivity index (χ2n) is 4.69. The predicted octanol–water partition coefficient (Wildman–Crippen LogP) is 3.46. The highest BCUT2D eigenvalue weighted by Gasteiger charge is 2.00. The highest BCUT2D eigenvalue weighted by molar-refractivity contribution is 9.10. The molecule has 0 heterocycles. The topological polar surface area (TPSA) is 53.5 Å². The van der Waals surface area contributed by atoms with Crippen molar-refractivity contribution in [1.82, 2.24) is 5.43 Å². The second-order valence-corrected chi connectivity index (χ2v) is 5.54. The minimum Gasteiger partial charge on any atom is -0.376 e. The van der Waals surface area contributed by atoms with Crippen LogP contribution in [0.15, 0.2) is 52.0 Å². The quantitative estimate of drug-likeness (QED) is 0.631. The van der Waals surface area contributed by atoms with E-state index in [0.29, 0.717) is 10.0 Å². The summed E-state index contributed by atoms with van der Waals surface area (Å²) in [6.45, 7) is 2.12. The lowest BCUT2D eigenvalue weighted by atomic mass is 10.2. The number of hydrogen-bond donors (Lipinski definition) is 2. The number of hydrazone groups is 1. The molecule has 0 aliphatic heterocycles. The molecule has 0 unspecified atom stereocenters. The number of nitrogens with one attached hydrogen (secondary N) is 2. The maximum absolute atomic E-state index is 13.1. The Labute approximate surface area is 136 Å². The molecule has 6 heteroatoms. The van der Waals surface area contributed by atoms with E-state index < -0.39 is 0 Å². The van der Waals surface area contributed by atoms with E-state index in [9.17, 15) is 9.18 Å². The molecular formula is C16H15BrFN3O. The molecule has 2 rings (SSSR count). The summed E-state index contributed by atoms with van der Waals surface area (Å²) in [7, 11) is 0. The van der Waals surface area contributed by atoms with E-state index in [1.54, 1.807) is 12.1 Å². The van der Waals surface area contributed by atoms with Crippen molar-refractivity contribution in [3.8, 4) is 0 Å². The summed E-state index contributed by atoms with van der Waals surface area (Å²) >= 11 is 3.09. The Hall–Kier alpha value is -2.21. The lowest BCUT2D eigenvalue weighted by Crippen LogP contribution is -2.25. The molecule has 0 spiro atoms. The lowest BCUT2D eigenvalue weighted by Gasteiger charge is -2.05. The standard InChI is InChI=1S/C16H15BrFN3O/c1-11-2-5-13(6-3-11)19-10-16(22)21-20-9-12-4-7-15(18)14(17)8-12/h2-9,19H,10H2,1H3,(H,21,22)/b20-9-. The third-order valence-electron chi connectivity index (χ3n) is 2.85. The van der Waals surface area contributed by atoms with Crippen LogP contribution in [0.1, 0.15) is 11.1 Å². The first-order chi connectivity index (χ1) is 10.5. The predicted molar refractivity (Wildman–Crippen MR) is 89.5 cm³/mol. The van der Waals surface area contributed by atoms with Gasteiger partial charge in [-0.05, 0) is 52.7 Å². The minimum absolute atomic E-state index is 0.119. The van der Waals surface area contributed by atoms with Crippen molar-refractivity contribution in [2.24, 2.45) is 5.10 Å². The molecule has 0 saturated carbocycles. The van der Waals surface area contributed by atoms with Crippen molar-refractivity contribution in [1.29, 1.82) is 0 Å². The second kappa shape index (κ2) is 7.70. The van der Waals surface area contributed by atoms with E-state index >= 15 is 0 Å². The summed E-state index contributed by atoms with van der Waals surface area (Å²) in [5.74, 6) is -0.610. The van der Waals surface area contributed by atoms with Gasteiger partial charge in [0.05, 0.1) is 17.2 Å². The molecule has 0 atom stereocenters. The number of anilines is 1. The van der Waals surface area contributed by atoms with Crippen LogP contribution in [-0.2, 0) is 4.79 Å². The molecule has 2 aromatic rings. The Morgan fingerprint density at radius 1 is 1.27 bits per heavy atom. The largest absolute Gasteiger partial charge is 0.376 e. The van der Waals surface area contributed by atoms with Gasteiger partial charge in [-0.2, -0.15) is 5.10 Å². The first-order valence-electron chi connectivity index (χ1n) is 6.62. The van der Waals surface area contributed by atoms with Crippen molar-refractivity contribution in [3.05, 3.63) is 63.9 Å². The summed E-state index contributed by atoms with van der Waals surface area (Å²) < 4.78 is 13.4. The molecule has 0 bridgehead atoms. The maximum atomic E-state index is 13.1. The Bertz CT molecular complexity index is 686. The fourth-order valence-corrected chi connectivity index (χ4v) is 2.06. The van der Waals surface area contributed by atoms with Gasteiger partial charge in [0.1, 0.15) is 5.82 Å². The van der Waals surface area contributed by atoms with Crippen LogP contribution in [0.2, 0.25) is 0 Å². The zero-order valence-electron chi connectivity index (χ0n) is 11.9. The van der Waals surface area contributed by atoms with Gasteiger partial charge in [0.2, 0.25) is 0 Å². The molecule has 4 nitrogen and oxygen atoms in total. The van der Waals surface area contributed by atoms with Crippen LogP contribution in [0.3, 0.4) is 0 Å². The van der Waals surface area contributed by atoms with Crippen LogP contribution in [0, 0.1) is 12.7 Å². The van der Waals surface area contributed by atoms with E-state index in [1.807, 2.05) is 31.2 Å². The molecule has 2 aromatic carbocycles. The minimum atomic E-state index is -0.344. The number of nitrogens with zero attached hydrogens (tertiary/aromatic N) is 1. The number of carbonyl (C=O) groups is 1. The molecule has 0 radical (unpaired) electrons. The third-order valence-corrected chi connectivity index (χ3v) is 3.46. The van der Waals surface area contributed by atoms with E-state index in [2.05, 4.69) is 31.8 Å². The van der Waals surface area contributed by atoms with E-state index in [1.165, 1.54) is 12.3 Å². The van der Waals surface area contributed by atoms with Crippen LogP contribution < -0.4 is 10.7 Å². The van der Waals surface area contributed by atoms with Crippen molar-refractivity contribution < 1.29 is 9.18 Å². The molecular weight excluding hydrogens is 349 g/mol. The van der Waals surface area contributed by atoms with Crippen LogP contribution in [0.4, 0.5) is 10.1 Å². The molecule has 0 fully saturated rings. The monoisotopic (exact) mass is 363 g/mol. The first kappa shape index (κ1) is 16.2. The number of hydrogen-bond acceptors (Lipinski definition) is 3. The summed E-state index contributed by atoms with van der Waals surface area (Å²) in [5, 5.41) is 6.82. The van der Waals surface area contributed by atoms with Gasteiger partial charge in [-0.3, -0.25) is 4.79 Å². The average molecular weight is 364 g/mol. The SMILES string of the molecule is Cc1ccc(NCC(=O)N/N=C\c2ccc(F)c(Br)c2)cc1. The van der Waals surface area contributed by atoms with Gasteiger partial charge in [-0.15, -0.1) is 0 Å². The molecule has 0 aliphatic carbocycles. The average Bonchev–Trinajstić information content (AvgIpc) is 2.50. The Morgan fingerprint density at radius 3 is 2.68 bits per heavy atom. The van der Waals surface area contributed by atoms with Crippen molar-refractivity contribution in [3.63, 3.8) is 0 Å². The van der Waals surface area contributed by atoms with Gasteiger partial charge in [-0.25, -0.2) is 9.82 Å². The number of benzene rings is 2. The molecule has 22 heavy (non-hydrogen) atoms. The van der Waals surface area contributed by atoms with Gasteiger partial charge in [0.15, 0.2) is 0 Å². The number of carbonyl (C=O) groups excluding carboxylic acids is 1. The summed E-state index contributed by atoms with van der Waals surface area (Å²) in [5.41, 5.74) is 5.11. The number of rotatable bonds is 5. The Kier molecular flexibility index (Phi) is 5.66. The normalized spacial score (nSPS) is 10.7. The van der Waals surface area contributed by atoms with Crippen LogP contribution in [0.25, 0.3) is 0 Å². The van der Waals surface area contributed by atoms with Gasteiger partial charge in [0, 0.05) is 5.69 Å². The van der Waals surface area contributed by atoms with Crippen molar-refractivity contribution in [2.75, 3.05) is 11.9 Å². The summed E-state index contributed by atoms with van der Waals surface area (Å²) in [4.78, 5) is 11.6. The van der Waals surface area contributed by atoms with Crippen molar-refractivity contribution in [2.45, 2.75) is 6.92 Å². The van der Waals surface area contributed by atoms with E-state index in [4.69, 9.17) is 0 Å². The Morgan fingerprint density at radius 2 is 2.00 bits per heavy atom. The van der Waals surface area contributed by atoms with E-state index in [-0.39, 0.29) is 18.3 Å². The highest BCUT2D eigenvalue weighted by atomic mass is 79.9. The van der Waals surface area contributed by atoms with Crippen molar-refractivity contribution >= 4 is 33.7 Å². The highest BCUT2D eigenvalue weighted by Crippen LogP contribution is 2.15. The third kappa shape index (κ3) is 4.96. The number of amides is 1. The maximum Gasteiger partial charge on any atom is 0.259 e. The Balaban J connectivity index is 1.80. The molecule has 2 N–H and O–H groups in total. The van der Waals surface area contributed by atoms with Gasteiger partial charge >= 0.3 is 0 Å². The van der Waals surface area contributed by atoms with Gasteiger partial charge in [-0.1, -0.05) is 23.8 Å². The smallest absolute Gasteiger partial charge is 0.259 e. The van der Waals surface area contributed by atoms with Crippen LogP contribution in [0.5, 0.6) is 0 Å². The fourth-order valence-electron chi connectivity index (χ4n) is 1.66. The first-order valence-corrected chi connectivity index (χ1v) is 7.41. The zero-order chi connectivity index (χ0) is 15.9. The van der Waals surface area contributed by atoms with Crippen LogP contribution >= 0.6 is 15.9 Å². The molecule has 114 valence electrons. The molecule has 0 saturated heterocycles. The zero-order valence-corrected chi connectivity index (χ0v) is 13.5. The summed E-state index contributed by atoms with van der Waals surface area (Å²) in [6.07, 6.45) is 1.45. The molecule has 0 aliphatic rings. The number of halogens is 2. The van der Waals surface area contributed by atoms with E-state index in [0.717, 1.165) is 11.3 Å². The lowest BCUT2D eigenvalue weighted by molar-refractivity contribution is -0.119. The van der Waals surface area contributed by atoms with Gasteiger partial charge < -0.3 is 5.32 Å². The van der Waals surface area contributed by atoms with Crippen LogP contribution in [-0.4, -0.2) is 18.7 Å². The molecule has 1 amide bonds. The number of aryl methyl sites for hydroxylation is 1. The van der Waals surface area contributed by atoms with Gasteiger partial charge in [0.25, 0.3) is 5.91 Å².